The maximum atomic E-state index is 5.74. The van der Waals surface area contributed by atoms with Crippen molar-refractivity contribution in [3.63, 3.8) is 0 Å². The first-order valence-electron chi connectivity index (χ1n) is 4.84. The lowest BCUT2D eigenvalue weighted by atomic mass is 10.2. The van der Waals surface area contributed by atoms with Gasteiger partial charge in [-0.3, -0.25) is 0 Å². The van der Waals surface area contributed by atoms with Crippen molar-refractivity contribution in [2.45, 2.75) is 6.54 Å². The zero-order chi connectivity index (χ0) is 10.7. The molecule has 0 fully saturated rings. The predicted molar refractivity (Wildman–Crippen MR) is 61.3 cm³/mol. The normalized spacial score (nSPS) is 14.4. The van der Waals surface area contributed by atoms with Crippen LogP contribution < -0.4 is 10.1 Å². The van der Waals surface area contributed by atoms with Gasteiger partial charge in [-0.25, -0.2) is 0 Å². The van der Waals surface area contributed by atoms with Crippen LogP contribution in [-0.2, 0) is 6.54 Å². The van der Waals surface area contributed by atoms with E-state index in [4.69, 9.17) is 4.74 Å². The lowest BCUT2D eigenvalue weighted by Gasteiger charge is -2.07. The summed E-state index contributed by atoms with van der Waals surface area (Å²) in [5.74, 6) is 1.59. The molecule has 76 valence electrons. The minimum atomic E-state index is 0.718. The number of ether oxygens (including phenoxy) is 1. The van der Waals surface area contributed by atoms with Crippen LogP contribution in [-0.4, -0.2) is 0 Å². The highest BCUT2D eigenvalue weighted by molar-refractivity contribution is 5.40. The SMILES string of the molecule is C=CC1=C(C=C)Oc2ccccc2CN1. The highest BCUT2D eigenvalue weighted by Crippen LogP contribution is 2.24. The number of hydrogen-bond donors (Lipinski definition) is 1. The van der Waals surface area contributed by atoms with Crippen LogP contribution in [0.4, 0.5) is 0 Å². The van der Waals surface area contributed by atoms with Gasteiger partial charge < -0.3 is 10.1 Å². The minimum absolute atomic E-state index is 0.718. The Kier molecular flexibility index (Phi) is 2.59. The summed E-state index contributed by atoms with van der Waals surface area (Å²) in [7, 11) is 0. The first-order valence-corrected chi connectivity index (χ1v) is 4.84. The second-order valence-corrected chi connectivity index (χ2v) is 3.25. The molecule has 0 unspecified atom stereocenters. The third-order valence-electron chi connectivity index (χ3n) is 2.32. The quantitative estimate of drug-likeness (QED) is 0.790. The van der Waals surface area contributed by atoms with Crippen molar-refractivity contribution < 1.29 is 4.74 Å². The molecule has 0 bridgehead atoms. The average molecular weight is 199 g/mol. The molecular formula is C13H13NO. The van der Waals surface area contributed by atoms with Crippen molar-refractivity contribution in [3.8, 4) is 5.75 Å². The first-order chi connectivity index (χ1) is 7.35. The van der Waals surface area contributed by atoms with Crippen LogP contribution in [0.5, 0.6) is 5.75 Å². The van der Waals surface area contributed by atoms with E-state index in [0.29, 0.717) is 0 Å². The number of rotatable bonds is 2. The number of hydrogen-bond acceptors (Lipinski definition) is 2. The molecule has 0 aliphatic carbocycles. The highest BCUT2D eigenvalue weighted by atomic mass is 16.5. The smallest absolute Gasteiger partial charge is 0.149 e. The van der Waals surface area contributed by atoms with E-state index in [1.165, 1.54) is 0 Å². The van der Waals surface area contributed by atoms with E-state index in [1.807, 2.05) is 24.3 Å². The van der Waals surface area contributed by atoms with Crippen LogP contribution in [0.15, 0.2) is 61.0 Å². The van der Waals surface area contributed by atoms with Crippen LogP contribution in [0.25, 0.3) is 0 Å². The Labute approximate surface area is 89.6 Å². The van der Waals surface area contributed by atoms with Gasteiger partial charge in [-0.05, 0) is 18.2 Å². The fraction of sp³-hybridized carbons (Fsp3) is 0.0769. The lowest BCUT2D eigenvalue weighted by Crippen LogP contribution is -2.11. The van der Waals surface area contributed by atoms with Crippen molar-refractivity contribution >= 4 is 0 Å². The standard InChI is InChI=1S/C13H13NO/c1-3-11-12(4-2)15-13-8-6-5-7-10(13)9-14-11/h3-8,14H,1-2,9H2. The molecule has 1 aliphatic heterocycles. The Bertz CT molecular complexity index is 432. The topological polar surface area (TPSA) is 21.3 Å². The summed E-state index contributed by atoms with van der Waals surface area (Å²) in [6.07, 6.45) is 3.43. The molecule has 2 nitrogen and oxygen atoms in total. The first kappa shape index (κ1) is 9.59. The summed E-state index contributed by atoms with van der Waals surface area (Å²) in [6.45, 7) is 8.21. The van der Waals surface area contributed by atoms with Crippen LogP contribution in [0.3, 0.4) is 0 Å². The Balaban J connectivity index is 2.43. The molecule has 1 aliphatic rings. The summed E-state index contributed by atoms with van der Waals surface area (Å²) in [4.78, 5) is 0. The van der Waals surface area contributed by atoms with Gasteiger partial charge in [-0.1, -0.05) is 31.4 Å². The molecule has 1 aromatic carbocycles. The Morgan fingerprint density at radius 1 is 1.20 bits per heavy atom. The van der Waals surface area contributed by atoms with Crippen LogP contribution in [0, 0.1) is 0 Å². The molecule has 0 atom stereocenters. The number of fused-ring (bicyclic) bond motifs is 1. The largest absolute Gasteiger partial charge is 0.455 e. The molecule has 1 aromatic rings. The van der Waals surface area contributed by atoms with E-state index in [9.17, 15) is 0 Å². The molecule has 15 heavy (non-hydrogen) atoms. The Hall–Kier alpha value is -1.96. The van der Waals surface area contributed by atoms with Gasteiger partial charge in [-0.15, -0.1) is 0 Å². The van der Waals surface area contributed by atoms with Gasteiger partial charge in [-0.2, -0.15) is 0 Å². The van der Waals surface area contributed by atoms with Crippen LogP contribution in [0.2, 0.25) is 0 Å². The maximum absolute atomic E-state index is 5.74. The van der Waals surface area contributed by atoms with Gasteiger partial charge in [0.15, 0.2) is 0 Å². The third kappa shape index (κ3) is 1.79. The summed E-state index contributed by atoms with van der Waals surface area (Å²) in [5.41, 5.74) is 2.01. The molecule has 0 aromatic heterocycles. The fourth-order valence-electron chi connectivity index (χ4n) is 1.52. The molecule has 2 heteroatoms. The van der Waals surface area contributed by atoms with Crippen LogP contribution in [0.1, 0.15) is 5.56 Å². The van der Waals surface area contributed by atoms with E-state index in [1.54, 1.807) is 12.2 Å². The van der Waals surface area contributed by atoms with E-state index < -0.39 is 0 Å². The molecule has 1 heterocycles. The highest BCUT2D eigenvalue weighted by Gasteiger charge is 2.12. The van der Waals surface area contributed by atoms with Gasteiger partial charge in [0.1, 0.15) is 11.5 Å². The van der Waals surface area contributed by atoms with Crippen molar-refractivity contribution in [1.82, 2.24) is 5.32 Å². The summed E-state index contributed by atoms with van der Waals surface area (Å²) in [6, 6.07) is 7.94. The number of benzene rings is 1. The van der Waals surface area contributed by atoms with E-state index in [2.05, 4.69) is 18.5 Å². The Morgan fingerprint density at radius 3 is 2.73 bits per heavy atom. The van der Waals surface area contributed by atoms with Crippen molar-refractivity contribution in [3.05, 3.63) is 66.6 Å². The van der Waals surface area contributed by atoms with Crippen molar-refractivity contribution in [2.24, 2.45) is 0 Å². The molecule has 0 radical (unpaired) electrons. The number of allylic oxidation sites excluding steroid dienone is 2. The molecular weight excluding hydrogens is 186 g/mol. The molecule has 0 amide bonds. The third-order valence-corrected chi connectivity index (χ3v) is 2.32. The molecule has 0 saturated carbocycles. The minimum Gasteiger partial charge on any atom is -0.455 e. The van der Waals surface area contributed by atoms with Gasteiger partial charge in [0.25, 0.3) is 0 Å². The van der Waals surface area contributed by atoms with Crippen molar-refractivity contribution in [1.29, 1.82) is 0 Å². The summed E-state index contributed by atoms with van der Waals surface area (Å²) in [5, 5.41) is 3.25. The van der Waals surface area contributed by atoms with Gasteiger partial charge in [0.05, 0.1) is 5.70 Å². The molecule has 1 N–H and O–H groups in total. The van der Waals surface area contributed by atoms with E-state index >= 15 is 0 Å². The zero-order valence-corrected chi connectivity index (χ0v) is 8.49. The second kappa shape index (κ2) is 4.05. The van der Waals surface area contributed by atoms with Gasteiger partial charge in [0, 0.05) is 12.1 Å². The van der Waals surface area contributed by atoms with E-state index in [0.717, 1.165) is 29.3 Å². The monoisotopic (exact) mass is 199 g/mol. The second-order valence-electron chi connectivity index (χ2n) is 3.25. The zero-order valence-electron chi connectivity index (χ0n) is 8.49. The number of nitrogens with one attached hydrogen (secondary N) is 1. The number of para-hydroxylation sites is 1. The summed E-state index contributed by atoms with van der Waals surface area (Å²) >= 11 is 0. The molecule has 0 spiro atoms. The fourth-order valence-corrected chi connectivity index (χ4v) is 1.52. The van der Waals surface area contributed by atoms with Gasteiger partial charge >= 0.3 is 0 Å². The Morgan fingerprint density at radius 2 is 2.00 bits per heavy atom. The summed E-state index contributed by atoms with van der Waals surface area (Å²) < 4.78 is 5.74. The van der Waals surface area contributed by atoms with E-state index in [-0.39, 0.29) is 0 Å². The van der Waals surface area contributed by atoms with Gasteiger partial charge in [0.2, 0.25) is 0 Å². The van der Waals surface area contributed by atoms with Crippen LogP contribution >= 0.6 is 0 Å². The maximum Gasteiger partial charge on any atom is 0.149 e. The average Bonchev–Trinajstić information content (AvgIpc) is 2.47. The molecule has 2 rings (SSSR count). The predicted octanol–water partition coefficient (Wildman–Crippen LogP) is 2.75. The lowest BCUT2D eigenvalue weighted by molar-refractivity contribution is 0.440. The van der Waals surface area contributed by atoms with Crippen molar-refractivity contribution in [2.75, 3.05) is 0 Å². The molecule has 0 saturated heterocycles.